The number of likely N-dealkylation sites (N-methyl/N-ethyl adjacent to an activating group) is 1. The highest BCUT2D eigenvalue weighted by Gasteiger charge is 2.25. The molecule has 0 N–H and O–H groups in total. The van der Waals surface area contributed by atoms with Crippen molar-refractivity contribution in [2.24, 2.45) is 0 Å². The van der Waals surface area contributed by atoms with E-state index >= 15 is 0 Å². The van der Waals surface area contributed by atoms with Crippen LogP contribution in [-0.2, 0) is 27.2 Å². The molecule has 2 heterocycles. The average Bonchev–Trinajstić information content (AvgIpc) is 3.06. The van der Waals surface area contributed by atoms with Crippen LogP contribution in [0, 0.1) is 0 Å². The smallest absolute Gasteiger partial charge is 0.410 e. The first-order valence-corrected chi connectivity index (χ1v) is 6.56. The Morgan fingerprint density at radius 2 is 2.33 bits per heavy atom. The van der Waals surface area contributed by atoms with E-state index in [4.69, 9.17) is 14.0 Å². The number of amides is 2. The standard InChI is InChI=1S/C12H18N4O5/c1-15(11(17)8-16-4-6-20-12(16)18)7-10-13-9(14-21-10)3-5-19-2/h3-8H2,1-2H3. The van der Waals surface area contributed by atoms with Gasteiger partial charge in [0.05, 0.1) is 19.7 Å². The summed E-state index contributed by atoms with van der Waals surface area (Å²) in [6.45, 7) is 1.44. The number of carbonyl (C=O) groups excluding carboxylic acids is 2. The van der Waals surface area contributed by atoms with E-state index in [0.717, 1.165) is 0 Å². The first kappa shape index (κ1) is 15.2. The molecule has 1 aromatic rings. The van der Waals surface area contributed by atoms with Crippen molar-refractivity contribution >= 4 is 12.0 Å². The van der Waals surface area contributed by atoms with Gasteiger partial charge in [-0.2, -0.15) is 4.98 Å². The summed E-state index contributed by atoms with van der Waals surface area (Å²) in [6, 6.07) is 0. The van der Waals surface area contributed by atoms with Gasteiger partial charge in [0, 0.05) is 20.6 Å². The van der Waals surface area contributed by atoms with Crippen molar-refractivity contribution in [1.29, 1.82) is 0 Å². The van der Waals surface area contributed by atoms with Gasteiger partial charge in [0.1, 0.15) is 13.2 Å². The maximum Gasteiger partial charge on any atom is 0.410 e. The molecule has 0 aliphatic carbocycles. The van der Waals surface area contributed by atoms with E-state index in [-0.39, 0.29) is 19.0 Å². The number of methoxy groups -OCH3 is 1. The summed E-state index contributed by atoms with van der Waals surface area (Å²) in [5, 5.41) is 3.79. The van der Waals surface area contributed by atoms with E-state index in [1.54, 1.807) is 14.2 Å². The van der Waals surface area contributed by atoms with Crippen molar-refractivity contribution in [3.8, 4) is 0 Å². The predicted octanol–water partition coefficient (Wildman–Crippen LogP) is -0.331. The Hall–Kier alpha value is -2.16. The maximum atomic E-state index is 12.0. The summed E-state index contributed by atoms with van der Waals surface area (Å²) in [4.78, 5) is 30.2. The summed E-state index contributed by atoms with van der Waals surface area (Å²) >= 11 is 0. The normalized spacial score (nSPS) is 14.4. The summed E-state index contributed by atoms with van der Waals surface area (Å²) in [5.74, 6) is 0.669. The summed E-state index contributed by atoms with van der Waals surface area (Å²) in [6.07, 6.45) is 0.0912. The molecule has 0 radical (unpaired) electrons. The Morgan fingerprint density at radius 3 is 3.00 bits per heavy atom. The second-order valence-corrected chi connectivity index (χ2v) is 4.63. The summed E-state index contributed by atoms with van der Waals surface area (Å²) in [5.41, 5.74) is 0. The van der Waals surface area contributed by atoms with Gasteiger partial charge in [-0.3, -0.25) is 9.69 Å². The van der Waals surface area contributed by atoms with Crippen LogP contribution in [0.15, 0.2) is 4.52 Å². The first-order chi connectivity index (χ1) is 10.1. The van der Waals surface area contributed by atoms with Crippen LogP contribution in [-0.4, -0.2) is 72.4 Å². The fourth-order valence-corrected chi connectivity index (χ4v) is 1.79. The van der Waals surface area contributed by atoms with Crippen LogP contribution in [0.3, 0.4) is 0 Å². The molecular formula is C12H18N4O5. The molecule has 1 aliphatic heterocycles. The monoisotopic (exact) mass is 298 g/mol. The molecule has 0 unspecified atom stereocenters. The van der Waals surface area contributed by atoms with Crippen LogP contribution in [0.25, 0.3) is 0 Å². The summed E-state index contributed by atoms with van der Waals surface area (Å²) < 4.78 is 14.7. The zero-order valence-corrected chi connectivity index (χ0v) is 12.1. The molecule has 0 aromatic carbocycles. The Bertz CT molecular complexity index is 504. The number of rotatable bonds is 7. The molecule has 0 spiro atoms. The zero-order valence-electron chi connectivity index (χ0n) is 12.1. The highest BCUT2D eigenvalue weighted by atomic mass is 16.6. The second kappa shape index (κ2) is 7.02. The van der Waals surface area contributed by atoms with Crippen molar-refractivity contribution in [3.63, 3.8) is 0 Å². The molecule has 116 valence electrons. The van der Waals surface area contributed by atoms with E-state index in [9.17, 15) is 9.59 Å². The molecule has 1 saturated heterocycles. The SMILES string of the molecule is COCCc1noc(CN(C)C(=O)CN2CCOC2=O)n1. The van der Waals surface area contributed by atoms with Crippen molar-refractivity contribution in [2.75, 3.05) is 40.5 Å². The molecule has 2 amide bonds. The Labute approximate surface area is 121 Å². The fraction of sp³-hybridized carbons (Fsp3) is 0.667. The Morgan fingerprint density at radius 1 is 1.52 bits per heavy atom. The highest BCUT2D eigenvalue weighted by molar-refractivity contribution is 5.82. The van der Waals surface area contributed by atoms with Gasteiger partial charge in [-0.1, -0.05) is 5.16 Å². The van der Waals surface area contributed by atoms with Crippen LogP contribution in [0.5, 0.6) is 0 Å². The second-order valence-electron chi connectivity index (χ2n) is 4.63. The topological polar surface area (TPSA) is 98.0 Å². The molecule has 21 heavy (non-hydrogen) atoms. The Kier molecular flexibility index (Phi) is 5.09. The minimum absolute atomic E-state index is 0.0139. The van der Waals surface area contributed by atoms with Gasteiger partial charge in [0.15, 0.2) is 5.82 Å². The fourth-order valence-electron chi connectivity index (χ4n) is 1.79. The number of carbonyl (C=O) groups is 2. The molecule has 1 aliphatic rings. The van der Waals surface area contributed by atoms with Crippen LogP contribution in [0.4, 0.5) is 4.79 Å². The average molecular weight is 298 g/mol. The van der Waals surface area contributed by atoms with Gasteiger partial charge in [0.2, 0.25) is 11.8 Å². The molecule has 1 aromatic heterocycles. The molecule has 9 heteroatoms. The number of ether oxygens (including phenoxy) is 2. The maximum absolute atomic E-state index is 12.0. The van der Waals surface area contributed by atoms with E-state index in [2.05, 4.69) is 10.1 Å². The summed E-state index contributed by atoms with van der Waals surface area (Å²) in [7, 11) is 3.21. The predicted molar refractivity (Wildman–Crippen MR) is 69.3 cm³/mol. The number of aromatic nitrogens is 2. The molecular weight excluding hydrogens is 280 g/mol. The van der Waals surface area contributed by atoms with E-state index in [0.29, 0.717) is 37.9 Å². The molecule has 0 saturated carbocycles. The third-order valence-corrected chi connectivity index (χ3v) is 3.01. The van der Waals surface area contributed by atoms with Crippen LogP contribution in [0.1, 0.15) is 11.7 Å². The zero-order chi connectivity index (χ0) is 15.2. The lowest BCUT2D eigenvalue weighted by Gasteiger charge is -2.18. The van der Waals surface area contributed by atoms with Crippen molar-refractivity contribution in [1.82, 2.24) is 19.9 Å². The lowest BCUT2D eigenvalue weighted by atomic mass is 10.4. The van der Waals surface area contributed by atoms with Gasteiger partial charge < -0.3 is 18.9 Å². The van der Waals surface area contributed by atoms with Crippen molar-refractivity contribution in [2.45, 2.75) is 13.0 Å². The van der Waals surface area contributed by atoms with Gasteiger partial charge in [0.25, 0.3) is 0 Å². The van der Waals surface area contributed by atoms with E-state index < -0.39 is 6.09 Å². The number of hydrogen-bond donors (Lipinski definition) is 0. The van der Waals surface area contributed by atoms with Gasteiger partial charge >= 0.3 is 6.09 Å². The van der Waals surface area contributed by atoms with Gasteiger partial charge in [-0.15, -0.1) is 0 Å². The van der Waals surface area contributed by atoms with E-state index in [1.807, 2.05) is 0 Å². The van der Waals surface area contributed by atoms with Gasteiger partial charge in [-0.25, -0.2) is 4.79 Å². The Balaban J connectivity index is 1.82. The molecule has 1 fully saturated rings. The minimum atomic E-state index is -0.462. The molecule has 0 bridgehead atoms. The van der Waals surface area contributed by atoms with Crippen LogP contribution < -0.4 is 0 Å². The van der Waals surface area contributed by atoms with Crippen LogP contribution >= 0.6 is 0 Å². The molecule has 2 rings (SSSR count). The largest absolute Gasteiger partial charge is 0.448 e. The quantitative estimate of drug-likeness (QED) is 0.679. The van der Waals surface area contributed by atoms with E-state index in [1.165, 1.54) is 9.80 Å². The number of cyclic esters (lactones) is 1. The molecule has 0 atom stereocenters. The lowest BCUT2D eigenvalue weighted by Crippen LogP contribution is -2.38. The van der Waals surface area contributed by atoms with Crippen molar-refractivity contribution in [3.05, 3.63) is 11.7 Å². The highest BCUT2D eigenvalue weighted by Crippen LogP contribution is 2.06. The number of hydrogen-bond acceptors (Lipinski definition) is 7. The third-order valence-electron chi connectivity index (χ3n) is 3.01. The van der Waals surface area contributed by atoms with Crippen molar-refractivity contribution < 1.29 is 23.6 Å². The first-order valence-electron chi connectivity index (χ1n) is 6.56. The minimum Gasteiger partial charge on any atom is -0.448 e. The molecule has 9 nitrogen and oxygen atoms in total. The lowest BCUT2D eigenvalue weighted by molar-refractivity contribution is -0.131. The van der Waals surface area contributed by atoms with Gasteiger partial charge in [-0.05, 0) is 0 Å². The number of nitrogens with zero attached hydrogens (tertiary/aromatic N) is 4. The van der Waals surface area contributed by atoms with Crippen LogP contribution in [0.2, 0.25) is 0 Å². The third kappa shape index (κ3) is 4.15.